The highest BCUT2D eigenvalue weighted by molar-refractivity contribution is 6.92. The molecule has 0 heterocycles. The summed E-state index contributed by atoms with van der Waals surface area (Å²) in [6.45, 7) is 49.8. The van der Waals surface area contributed by atoms with Gasteiger partial charge in [0.15, 0.2) is 0 Å². The molecule has 0 spiro atoms. The van der Waals surface area contributed by atoms with Gasteiger partial charge in [0, 0.05) is 5.71 Å². The lowest BCUT2D eigenvalue weighted by Crippen LogP contribution is -1.36. The summed E-state index contributed by atoms with van der Waals surface area (Å²) in [6.07, 6.45) is 3.00. The van der Waals surface area contributed by atoms with Crippen LogP contribution in [0, 0.1) is 0 Å². The molecule has 2 atom stereocenters. The van der Waals surface area contributed by atoms with Crippen LogP contribution in [0.4, 0.5) is 0 Å². The maximum absolute atomic E-state index is 8.81. The molecular weight excluding hydrogens is 498 g/mol. The zero-order valence-electron chi connectivity index (χ0n) is 31.4. The van der Waals surface area contributed by atoms with Crippen molar-refractivity contribution < 1.29 is 24.9 Å². The van der Waals surface area contributed by atoms with Gasteiger partial charge in [-0.2, -0.15) is 19.8 Å². The van der Waals surface area contributed by atoms with Crippen LogP contribution in [-0.2, 0) is 19.2 Å². The maximum Gasteiger partial charge on any atom is 0.116 e. The normalized spacial score (nSPS) is 3.19. The minimum Gasteiger partial charge on any atom is -0.304 e. The zero-order valence-corrected chi connectivity index (χ0v) is 34.2. The second kappa shape index (κ2) is 3380. The van der Waals surface area contributed by atoms with Gasteiger partial charge in [0.25, 0.3) is 0 Å². The van der Waals surface area contributed by atoms with Crippen LogP contribution in [-0.4, -0.2) is 25.1 Å². The highest BCUT2D eigenvalue weighted by Crippen LogP contribution is 1.17. The van der Waals surface area contributed by atoms with E-state index in [1.54, 1.807) is 0 Å². The standard InChI is InChI=1S/4C2H4O.11C2H6.CH4.2H3P.4H2/c4*1-2-3;11*1-2;;;;;;;/h4*2H,1H3;11*1-2H3;1H4;2*1H3;4*1H/i;;;;;;;;;;;;;;;;;;4*1+1. The number of carbonyl (C=O) groups excluding carboxylic acids is 4. The molecule has 2 unspecified atom stereocenters. The molecule has 4 nitrogen and oxygen atoms in total. The van der Waals surface area contributed by atoms with Crippen LogP contribution in [0.2, 0.25) is 0 Å². The van der Waals surface area contributed by atoms with Crippen molar-refractivity contribution in [1.82, 2.24) is 0 Å². The zero-order chi connectivity index (χ0) is 32.8. The lowest BCUT2D eigenvalue weighted by atomic mass is 11.0. The average Bonchev–Trinajstić information content (AvgIpc) is 2.98. The van der Waals surface area contributed by atoms with Crippen molar-refractivity contribution in [3.8, 4) is 0 Å². The van der Waals surface area contributed by atoms with Gasteiger partial charge >= 0.3 is 0 Å². The number of rotatable bonds is 0. The Kier molecular flexibility index (Phi) is 12300. The molecule has 0 aliphatic rings. The Balaban J connectivity index is -0.00000000468. The van der Waals surface area contributed by atoms with Crippen molar-refractivity contribution in [2.75, 3.05) is 0 Å². The van der Waals surface area contributed by atoms with Crippen LogP contribution in [0.3, 0.4) is 0 Å². The van der Waals surface area contributed by atoms with Crippen molar-refractivity contribution in [3.05, 3.63) is 0 Å². The molecule has 0 N–H and O–H groups in total. The van der Waals surface area contributed by atoms with Gasteiger partial charge in [-0.15, -0.1) is 0 Å². The Bertz CT molecular complexity index is 102. The Hall–Kier alpha value is -0.460. The SMILES string of the molecule is C.CC.CC.CC.CC.CC.CC.CC.CC.CC.CC.CC.CC=O.CC=O.CC=O.CC=O.P.P.[2HH].[2HH].[2HH].[2HH]. The first-order chi connectivity index (χ1) is 16.7. The Morgan fingerprint density at radius 3 is 0.270 bits per heavy atom. The van der Waals surface area contributed by atoms with Crippen LogP contribution >= 0.6 is 19.8 Å². The summed E-state index contributed by atoms with van der Waals surface area (Å²) in [6, 6.07) is 0. The van der Waals surface area contributed by atoms with Crippen molar-refractivity contribution in [2.45, 2.75) is 187 Å². The summed E-state index contributed by atoms with van der Waals surface area (Å²) < 4.78 is 0. The van der Waals surface area contributed by atoms with Crippen LogP contribution in [0.1, 0.15) is 193 Å². The minimum atomic E-state index is 0. The van der Waals surface area contributed by atoms with E-state index in [-0.39, 0.29) is 32.9 Å². The number of carbonyl (C=O) groups is 4. The second-order valence-electron chi connectivity index (χ2n) is 0.943. The lowest BCUT2D eigenvalue weighted by Gasteiger charge is -1.24. The molecule has 0 aromatic carbocycles. The molecular formula is C31H100O4P2. The highest BCUT2D eigenvalue weighted by Gasteiger charge is 1.25. The van der Waals surface area contributed by atoms with E-state index in [0.717, 1.165) is 25.1 Å². The summed E-state index contributed by atoms with van der Waals surface area (Å²) in [5, 5.41) is 0. The van der Waals surface area contributed by atoms with E-state index in [1.165, 1.54) is 27.7 Å². The Labute approximate surface area is 257 Å². The Morgan fingerprint density at radius 1 is 0.270 bits per heavy atom. The summed E-state index contributed by atoms with van der Waals surface area (Å²) in [5.74, 6) is 0. The molecule has 0 saturated carbocycles. The molecule has 6 heteroatoms. The topological polar surface area (TPSA) is 68.3 Å². The molecule has 0 saturated heterocycles. The summed E-state index contributed by atoms with van der Waals surface area (Å²) in [5.41, 5.74) is 0. The van der Waals surface area contributed by atoms with E-state index in [1.807, 2.05) is 152 Å². The molecule has 0 aromatic heterocycles. The molecule has 0 aromatic rings. The fourth-order valence-electron chi connectivity index (χ4n) is 0. The fraction of sp³-hybridized carbons (Fsp3) is 0.871. The highest BCUT2D eigenvalue weighted by atomic mass is 31.0. The van der Waals surface area contributed by atoms with Gasteiger partial charge < -0.3 is 19.2 Å². The predicted octanol–water partition coefficient (Wildman–Crippen LogP) is 13.8. The van der Waals surface area contributed by atoms with Crippen molar-refractivity contribution in [2.24, 2.45) is 0 Å². The largest absolute Gasteiger partial charge is 0.304 e. The van der Waals surface area contributed by atoms with Crippen molar-refractivity contribution in [3.63, 3.8) is 0 Å². The molecule has 0 bridgehead atoms. The third-order valence-corrected chi connectivity index (χ3v) is 0. The molecule has 0 rings (SSSR count). The van der Waals surface area contributed by atoms with Crippen LogP contribution in [0.25, 0.3) is 0 Å². The van der Waals surface area contributed by atoms with E-state index in [2.05, 4.69) is 0 Å². The van der Waals surface area contributed by atoms with E-state index >= 15 is 0 Å². The van der Waals surface area contributed by atoms with E-state index in [4.69, 9.17) is 19.2 Å². The quantitative estimate of drug-likeness (QED) is 0.204. The number of hydrogen-bond donors (Lipinski definition) is 0. The summed E-state index contributed by atoms with van der Waals surface area (Å²) >= 11 is 0. The van der Waals surface area contributed by atoms with Gasteiger partial charge in [0.2, 0.25) is 0 Å². The molecule has 37 heavy (non-hydrogen) atoms. The smallest absolute Gasteiger partial charge is 0.116 e. The predicted molar refractivity (Wildman–Crippen MR) is 209 cm³/mol. The number of aldehydes is 4. The van der Waals surface area contributed by atoms with Crippen LogP contribution in [0.15, 0.2) is 0 Å². The average molecular weight is 603 g/mol. The summed E-state index contributed by atoms with van der Waals surface area (Å²) in [4.78, 5) is 35.2. The third-order valence-electron chi connectivity index (χ3n) is 0. The molecule has 0 amide bonds. The van der Waals surface area contributed by atoms with E-state index in [0.29, 0.717) is 0 Å². The molecule has 258 valence electrons. The van der Waals surface area contributed by atoms with Gasteiger partial charge in [-0.3, -0.25) is 0 Å². The van der Waals surface area contributed by atoms with Crippen molar-refractivity contribution >= 4 is 44.9 Å². The monoisotopic (exact) mass is 603 g/mol. The van der Waals surface area contributed by atoms with Gasteiger partial charge in [-0.25, -0.2) is 0 Å². The minimum absolute atomic E-state index is 0. The third kappa shape index (κ3) is 189000. The fourth-order valence-corrected chi connectivity index (χ4v) is 0. The number of hydrogen-bond acceptors (Lipinski definition) is 4. The first-order valence-electron chi connectivity index (χ1n) is 14.3. The van der Waals surface area contributed by atoms with Gasteiger partial charge in [-0.05, 0) is 27.7 Å². The molecule has 0 aliphatic carbocycles. The van der Waals surface area contributed by atoms with Gasteiger partial charge in [0.1, 0.15) is 25.1 Å². The summed E-state index contributed by atoms with van der Waals surface area (Å²) in [7, 11) is 0. The molecule has 0 radical (unpaired) electrons. The molecule has 0 aliphatic heterocycles. The van der Waals surface area contributed by atoms with E-state index in [9.17, 15) is 0 Å². The van der Waals surface area contributed by atoms with Crippen LogP contribution < -0.4 is 0 Å². The first-order valence-corrected chi connectivity index (χ1v) is 14.3. The van der Waals surface area contributed by atoms with E-state index < -0.39 is 0 Å². The lowest BCUT2D eigenvalue weighted by molar-refractivity contribution is -0.106. The van der Waals surface area contributed by atoms with Gasteiger partial charge in [0.05, 0.1) is 0 Å². The van der Waals surface area contributed by atoms with Gasteiger partial charge in [-0.1, -0.05) is 160 Å². The molecule has 0 fully saturated rings. The Morgan fingerprint density at radius 2 is 0.270 bits per heavy atom. The second-order valence-corrected chi connectivity index (χ2v) is 0.943. The van der Waals surface area contributed by atoms with Crippen LogP contribution in [0.5, 0.6) is 0 Å². The first kappa shape index (κ1) is 134. The maximum atomic E-state index is 8.81. The van der Waals surface area contributed by atoms with Crippen molar-refractivity contribution in [1.29, 1.82) is 0 Å².